The Labute approximate surface area is 143 Å². The minimum absolute atomic E-state index is 0.0496. The molecule has 1 aliphatic heterocycles. The summed E-state index contributed by atoms with van der Waals surface area (Å²) in [4.78, 5) is 14.2. The van der Waals surface area contributed by atoms with Gasteiger partial charge in [-0.2, -0.15) is 0 Å². The zero-order chi connectivity index (χ0) is 17.7. The van der Waals surface area contributed by atoms with Crippen LogP contribution in [-0.2, 0) is 14.6 Å². The van der Waals surface area contributed by atoms with E-state index in [4.69, 9.17) is 9.47 Å². The molecule has 134 valence electrons. The standard InChI is InChI=1S/C17H25NO5S/c1-13(2)10-18(14-8-9-24(20,21)12-14)17(19)11-23-16-6-4-15(22-3)5-7-16/h4-7,13-14H,8-12H2,1-3H3. The first kappa shape index (κ1) is 18.6. The van der Waals surface area contributed by atoms with E-state index < -0.39 is 9.84 Å². The van der Waals surface area contributed by atoms with E-state index in [9.17, 15) is 13.2 Å². The van der Waals surface area contributed by atoms with Crippen molar-refractivity contribution in [1.82, 2.24) is 4.90 Å². The van der Waals surface area contributed by atoms with Crippen LogP contribution in [0, 0.1) is 5.92 Å². The maximum absolute atomic E-state index is 12.6. The molecule has 1 unspecified atom stereocenters. The van der Waals surface area contributed by atoms with Gasteiger partial charge in [0.05, 0.1) is 18.6 Å². The molecule has 2 rings (SSSR count). The van der Waals surface area contributed by atoms with Crippen LogP contribution in [0.4, 0.5) is 0 Å². The van der Waals surface area contributed by atoms with Crippen LogP contribution < -0.4 is 9.47 Å². The average Bonchev–Trinajstić information content (AvgIpc) is 2.90. The van der Waals surface area contributed by atoms with Crippen LogP contribution in [0.5, 0.6) is 11.5 Å². The number of nitrogens with zero attached hydrogens (tertiary/aromatic N) is 1. The van der Waals surface area contributed by atoms with Crippen LogP contribution in [0.25, 0.3) is 0 Å². The molecule has 0 bridgehead atoms. The fraction of sp³-hybridized carbons (Fsp3) is 0.588. The van der Waals surface area contributed by atoms with Gasteiger partial charge in [0.1, 0.15) is 11.5 Å². The molecule has 1 saturated heterocycles. The number of rotatable bonds is 7. The van der Waals surface area contributed by atoms with Crippen LogP contribution in [-0.4, -0.2) is 57.0 Å². The molecule has 0 spiro atoms. The number of hydrogen-bond donors (Lipinski definition) is 0. The van der Waals surface area contributed by atoms with E-state index in [1.54, 1.807) is 36.3 Å². The third kappa shape index (κ3) is 5.12. The summed E-state index contributed by atoms with van der Waals surface area (Å²) in [5.41, 5.74) is 0. The monoisotopic (exact) mass is 355 g/mol. The van der Waals surface area contributed by atoms with Crippen molar-refractivity contribution in [2.75, 3.05) is 31.8 Å². The lowest BCUT2D eigenvalue weighted by molar-refractivity contribution is -0.135. The molecule has 1 aromatic carbocycles. The van der Waals surface area contributed by atoms with Crippen molar-refractivity contribution in [2.45, 2.75) is 26.3 Å². The lowest BCUT2D eigenvalue weighted by Crippen LogP contribution is -2.45. The molecular formula is C17H25NO5S. The van der Waals surface area contributed by atoms with Crippen molar-refractivity contribution < 1.29 is 22.7 Å². The molecule has 24 heavy (non-hydrogen) atoms. The minimum atomic E-state index is -3.03. The van der Waals surface area contributed by atoms with Gasteiger partial charge in [-0.15, -0.1) is 0 Å². The molecule has 1 aromatic rings. The Kier molecular flexibility index (Phi) is 6.10. The van der Waals surface area contributed by atoms with E-state index in [0.29, 0.717) is 24.5 Å². The molecule has 1 amide bonds. The van der Waals surface area contributed by atoms with Crippen LogP contribution in [0.3, 0.4) is 0 Å². The molecule has 1 aliphatic rings. The molecule has 0 N–H and O–H groups in total. The number of amides is 1. The van der Waals surface area contributed by atoms with E-state index in [1.807, 2.05) is 13.8 Å². The summed E-state index contributed by atoms with van der Waals surface area (Å²) in [7, 11) is -1.45. The van der Waals surface area contributed by atoms with E-state index in [1.165, 1.54) is 0 Å². The van der Waals surface area contributed by atoms with Gasteiger partial charge in [0.2, 0.25) is 0 Å². The second-order valence-corrected chi connectivity index (χ2v) is 8.69. The van der Waals surface area contributed by atoms with Gasteiger partial charge in [0.25, 0.3) is 5.91 Å². The zero-order valence-corrected chi connectivity index (χ0v) is 15.2. The number of sulfone groups is 1. The second-order valence-electron chi connectivity index (χ2n) is 6.46. The van der Waals surface area contributed by atoms with Gasteiger partial charge in [0.15, 0.2) is 16.4 Å². The third-order valence-electron chi connectivity index (χ3n) is 3.95. The van der Waals surface area contributed by atoms with Gasteiger partial charge < -0.3 is 14.4 Å². The van der Waals surface area contributed by atoms with E-state index >= 15 is 0 Å². The highest BCUT2D eigenvalue weighted by molar-refractivity contribution is 7.91. The summed E-state index contributed by atoms with van der Waals surface area (Å²) < 4.78 is 34.0. The highest BCUT2D eigenvalue weighted by Crippen LogP contribution is 2.20. The number of carbonyl (C=O) groups is 1. The predicted molar refractivity (Wildman–Crippen MR) is 92.1 cm³/mol. The van der Waals surface area contributed by atoms with Crippen molar-refractivity contribution in [3.63, 3.8) is 0 Å². The molecule has 1 atom stereocenters. The maximum Gasteiger partial charge on any atom is 0.260 e. The minimum Gasteiger partial charge on any atom is -0.497 e. The highest BCUT2D eigenvalue weighted by atomic mass is 32.2. The number of methoxy groups -OCH3 is 1. The van der Waals surface area contributed by atoms with Gasteiger partial charge in [-0.25, -0.2) is 8.42 Å². The molecule has 0 radical (unpaired) electrons. The Morgan fingerprint density at radius 2 is 1.88 bits per heavy atom. The van der Waals surface area contributed by atoms with Gasteiger partial charge in [-0.3, -0.25) is 4.79 Å². The zero-order valence-electron chi connectivity index (χ0n) is 14.4. The number of ether oxygens (including phenoxy) is 2. The SMILES string of the molecule is COc1ccc(OCC(=O)N(CC(C)C)C2CCS(=O)(=O)C2)cc1. The number of carbonyl (C=O) groups excluding carboxylic acids is 1. The Morgan fingerprint density at radius 1 is 1.25 bits per heavy atom. The fourth-order valence-corrected chi connectivity index (χ4v) is 4.50. The molecule has 1 fully saturated rings. The van der Waals surface area contributed by atoms with Crippen LogP contribution >= 0.6 is 0 Å². The quantitative estimate of drug-likeness (QED) is 0.745. The summed E-state index contributed by atoms with van der Waals surface area (Å²) in [6.45, 7) is 4.45. The van der Waals surface area contributed by atoms with Gasteiger partial charge in [0, 0.05) is 12.6 Å². The lowest BCUT2D eigenvalue weighted by atomic mass is 10.1. The second kappa shape index (κ2) is 7.88. The Bertz CT molecular complexity index is 654. The van der Waals surface area contributed by atoms with E-state index in [-0.39, 0.29) is 36.0 Å². The van der Waals surface area contributed by atoms with Crippen molar-refractivity contribution in [1.29, 1.82) is 0 Å². The van der Waals surface area contributed by atoms with E-state index in [0.717, 1.165) is 0 Å². The maximum atomic E-state index is 12.6. The van der Waals surface area contributed by atoms with Crippen LogP contribution in [0.2, 0.25) is 0 Å². The first-order chi connectivity index (χ1) is 11.3. The summed E-state index contributed by atoms with van der Waals surface area (Å²) in [6.07, 6.45) is 0.503. The van der Waals surface area contributed by atoms with E-state index in [2.05, 4.69) is 0 Å². The average molecular weight is 355 g/mol. The molecule has 1 heterocycles. The summed E-state index contributed by atoms with van der Waals surface area (Å²) >= 11 is 0. The molecule has 7 heteroatoms. The predicted octanol–water partition coefficient (Wildman–Crippen LogP) is 1.75. The first-order valence-electron chi connectivity index (χ1n) is 8.07. The largest absolute Gasteiger partial charge is 0.497 e. The van der Waals surface area contributed by atoms with Gasteiger partial charge in [-0.05, 0) is 36.6 Å². The summed E-state index contributed by atoms with van der Waals surface area (Å²) in [5, 5.41) is 0. The third-order valence-corrected chi connectivity index (χ3v) is 5.70. The molecular weight excluding hydrogens is 330 g/mol. The molecule has 6 nitrogen and oxygen atoms in total. The summed E-state index contributed by atoms with van der Waals surface area (Å²) in [5.74, 6) is 1.58. The molecule has 0 saturated carbocycles. The van der Waals surface area contributed by atoms with Crippen LogP contribution in [0.1, 0.15) is 20.3 Å². The molecule has 0 aromatic heterocycles. The Balaban J connectivity index is 1.99. The van der Waals surface area contributed by atoms with Crippen molar-refractivity contribution in [2.24, 2.45) is 5.92 Å². The smallest absolute Gasteiger partial charge is 0.260 e. The Hall–Kier alpha value is -1.76. The van der Waals surface area contributed by atoms with Crippen molar-refractivity contribution in [3.8, 4) is 11.5 Å². The van der Waals surface area contributed by atoms with Crippen molar-refractivity contribution in [3.05, 3.63) is 24.3 Å². The molecule has 0 aliphatic carbocycles. The summed E-state index contributed by atoms with van der Waals surface area (Å²) in [6, 6.07) is 6.74. The lowest BCUT2D eigenvalue weighted by Gasteiger charge is -2.29. The first-order valence-corrected chi connectivity index (χ1v) is 9.89. The fourth-order valence-electron chi connectivity index (χ4n) is 2.77. The van der Waals surface area contributed by atoms with Gasteiger partial charge in [-0.1, -0.05) is 13.8 Å². The normalized spacial score (nSPS) is 19.2. The van der Waals surface area contributed by atoms with Crippen molar-refractivity contribution >= 4 is 15.7 Å². The van der Waals surface area contributed by atoms with Gasteiger partial charge >= 0.3 is 0 Å². The highest BCUT2D eigenvalue weighted by Gasteiger charge is 2.34. The number of benzene rings is 1. The van der Waals surface area contributed by atoms with Crippen LogP contribution in [0.15, 0.2) is 24.3 Å². The number of hydrogen-bond acceptors (Lipinski definition) is 5. The Morgan fingerprint density at radius 3 is 2.38 bits per heavy atom. The topological polar surface area (TPSA) is 72.9 Å².